The molecule has 6 N–H and O–H groups in total. The van der Waals surface area contributed by atoms with Gasteiger partial charge in [0.2, 0.25) is 0 Å². The van der Waals surface area contributed by atoms with E-state index in [1.54, 1.807) is 48.5 Å². The number of rotatable bonds is 4. The molecule has 96 valence electrons. The number of amidine groups is 2. The first-order valence-electron chi connectivity index (χ1n) is 5.64. The van der Waals surface area contributed by atoms with Crippen LogP contribution in [0.3, 0.4) is 0 Å². The van der Waals surface area contributed by atoms with Gasteiger partial charge in [0, 0.05) is 0 Å². The van der Waals surface area contributed by atoms with E-state index >= 15 is 0 Å². The number of benzene rings is 2. The third-order valence-electron chi connectivity index (χ3n) is 2.57. The fourth-order valence-electron chi connectivity index (χ4n) is 1.67. The highest BCUT2D eigenvalue weighted by Gasteiger charge is 2.10. The molecular weight excluding hydrogens is 240 g/mol. The highest BCUT2D eigenvalue weighted by atomic mass is 16.5. The van der Waals surface area contributed by atoms with E-state index in [-0.39, 0.29) is 11.7 Å². The highest BCUT2D eigenvalue weighted by Crippen LogP contribution is 2.27. The van der Waals surface area contributed by atoms with Crippen LogP contribution in [0.15, 0.2) is 48.5 Å². The second-order valence-corrected chi connectivity index (χ2v) is 3.92. The van der Waals surface area contributed by atoms with Crippen molar-refractivity contribution in [1.82, 2.24) is 0 Å². The Morgan fingerprint density at radius 3 is 1.47 bits per heavy atom. The third-order valence-corrected chi connectivity index (χ3v) is 2.57. The molecule has 5 heteroatoms. The zero-order valence-electron chi connectivity index (χ0n) is 10.2. The predicted molar refractivity (Wildman–Crippen MR) is 75.0 cm³/mol. The molecule has 5 nitrogen and oxygen atoms in total. The lowest BCUT2D eigenvalue weighted by Gasteiger charge is -2.12. The molecule has 0 aliphatic heterocycles. The maximum Gasteiger partial charge on any atom is 0.138 e. The molecule has 0 spiro atoms. The van der Waals surface area contributed by atoms with Gasteiger partial charge in [0.05, 0.1) is 11.1 Å². The van der Waals surface area contributed by atoms with Crippen molar-refractivity contribution in [2.45, 2.75) is 0 Å². The molecule has 0 heterocycles. The van der Waals surface area contributed by atoms with Crippen LogP contribution in [0.1, 0.15) is 11.1 Å². The van der Waals surface area contributed by atoms with Gasteiger partial charge in [0.1, 0.15) is 23.2 Å². The van der Waals surface area contributed by atoms with Crippen molar-refractivity contribution >= 4 is 11.7 Å². The number of hydrogen-bond acceptors (Lipinski definition) is 3. The van der Waals surface area contributed by atoms with Gasteiger partial charge in [-0.2, -0.15) is 0 Å². The van der Waals surface area contributed by atoms with E-state index in [0.29, 0.717) is 22.6 Å². The summed E-state index contributed by atoms with van der Waals surface area (Å²) in [5.74, 6) is 0.777. The smallest absolute Gasteiger partial charge is 0.138 e. The summed E-state index contributed by atoms with van der Waals surface area (Å²) in [5, 5.41) is 15.0. The minimum atomic E-state index is -0.0732. The molecule has 0 saturated carbocycles. The second-order valence-electron chi connectivity index (χ2n) is 3.92. The van der Waals surface area contributed by atoms with Crippen molar-refractivity contribution < 1.29 is 4.74 Å². The summed E-state index contributed by atoms with van der Waals surface area (Å²) in [6.07, 6.45) is 0. The van der Waals surface area contributed by atoms with Crippen LogP contribution in [-0.4, -0.2) is 11.7 Å². The van der Waals surface area contributed by atoms with Gasteiger partial charge in [-0.1, -0.05) is 24.3 Å². The Morgan fingerprint density at radius 2 is 1.11 bits per heavy atom. The molecule has 0 fully saturated rings. The highest BCUT2D eigenvalue weighted by molar-refractivity contribution is 5.99. The lowest BCUT2D eigenvalue weighted by atomic mass is 10.1. The van der Waals surface area contributed by atoms with Crippen molar-refractivity contribution in [1.29, 1.82) is 10.8 Å². The van der Waals surface area contributed by atoms with Gasteiger partial charge in [-0.3, -0.25) is 10.8 Å². The summed E-state index contributed by atoms with van der Waals surface area (Å²) in [5.41, 5.74) is 12.0. The zero-order chi connectivity index (χ0) is 13.8. The first-order chi connectivity index (χ1) is 9.09. The minimum Gasteiger partial charge on any atom is -0.456 e. The minimum absolute atomic E-state index is 0.0732. The largest absolute Gasteiger partial charge is 0.456 e. The number of nitrogen functional groups attached to an aromatic ring is 2. The van der Waals surface area contributed by atoms with Crippen LogP contribution < -0.4 is 16.2 Å². The van der Waals surface area contributed by atoms with Gasteiger partial charge in [-0.15, -0.1) is 0 Å². The van der Waals surface area contributed by atoms with Crippen molar-refractivity contribution in [3.63, 3.8) is 0 Å². The Morgan fingerprint density at radius 1 is 0.737 bits per heavy atom. The average Bonchev–Trinajstić information content (AvgIpc) is 2.39. The summed E-state index contributed by atoms with van der Waals surface area (Å²) >= 11 is 0. The second kappa shape index (κ2) is 5.22. The molecule has 0 aliphatic rings. The predicted octanol–water partition coefficient (Wildman–Crippen LogP) is 2.05. The van der Waals surface area contributed by atoms with Crippen molar-refractivity contribution in [3.8, 4) is 11.5 Å². The number of hydrogen-bond donors (Lipinski definition) is 4. The van der Waals surface area contributed by atoms with Crippen LogP contribution in [0.4, 0.5) is 0 Å². The quantitative estimate of drug-likeness (QED) is 0.495. The van der Waals surface area contributed by atoms with Gasteiger partial charge in [0.15, 0.2) is 0 Å². The van der Waals surface area contributed by atoms with E-state index in [0.717, 1.165) is 0 Å². The molecule has 0 unspecified atom stereocenters. The summed E-state index contributed by atoms with van der Waals surface area (Å²) in [6.45, 7) is 0. The molecule has 2 aromatic rings. The summed E-state index contributed by atoms with van der Waals surface area (Å²) < 4.78 is 5.72. The molecule has 0 atom stereocenters. The Bertz CT molecular complexity index is 581. The summed E-state index contributed by atoms with van der Waals surface area (Å²) in [4.78, 5) is 0. The monoisotopic (exact) mass is 254 g/mol. The molecule has 2 rings (SSSR count). The summed E-state index contributed by atoms with van der Waals surface area (Å²) in [7, 11) is 0. The SMILES string of the molecule is N=C(N)c1ccccc1Oc1ccccc1C(=N)N. The molecule has 0 aromatic heterocycles. The lowest BCUT2D eigenvalue weighted by molar-refractivity contribution is 0.480. The van der Waals surface area contributed by atoms with E-state index in [9.17, 15) is 0 Å². The Labute approximate surface area is 110 Å². The number of nitrogens with one attached hydrogen (secondary N) is 2. The van der Waals surface area contributed by atoms with Crippen molar-refractivity contribution in [2.75, 3.05) is 0 Å². The van der Waals surface area contributed by atoms with E-state index in [4.69, 9.17) is 27.0 Å². The van der Waals surface area contributed by atoms with E-state index in [1.165, 1.54) is 0 Å². The molecular formula is C14H14N4O. The molecule has 2 aromatic carbocycles. The van der Waals surface area contributed by atoms with Gasteiger partial charge in [-0.25, -0.2) is 0 Å². The van der Waals surface area contributed by atoms with Crippen molar-refractivity contribution in [3.05, 3.63) is 59.7 Å². The molecule has 0 bridgehead atoms. The molecule has 0 radical (unpaired) electrons. The molecule has 0 aliphatic carbocycles. The van der Waals surface area contributed by atoms with Crippen LogP contribution in [-0.2, 0) is 0 Å². The fourth-order valence-corrected chi connectivity index (χ4v) is 1.67. The Balaban J connectivity index is 2.42. The van der Waals surface area contributed by atoms with Gasteiger partial charge >= 0.3 is 0 Å². The van der Waals surface area contributed by atoms with E-state index in [1.807, 2.05) is 0 Å². The third kappa shape index (κ3) is 2.71. The first-order valence-corrected chi connectivity index (χ1v) is 5.64. The maximum absolute atomic E-state index is 7.51. The van der Waals surface area contributed by atoms with Crippen LogP contribution in [0, 0.1) is 10.8 Å². The maximum atomic E-state index is 7.51. The Kier molecular flexibility index (Phi) is 3.47. The zero-order valence-corrected chi connectivity index (χ0v) is 10.2. The number of para-hydroxylation sites is 2. The Hall–Kier alpha value is -2.82. The van der Waals surface area contributed by atoms with Crippen LogP contribution in [0.25, 0.3) is 0 Å². The lowest BCUT2D eigenvalue weighted by Crippen LogP contribution is -2.14. The van der Waals surface area contributed by atoms with E-state index < -0.39 is 0 Å². The topological polar surface area (TPSA) is 109 Å². The average molecular weight is 254 g/mol. The van der Waals surface area contributed by atoms with Gasteiger partial charge in [-0.05, 0) is 24.3 Å². The van der Waals surface area contributed by atoms with Crippen LogP contribution in [0.5, 0.6) is 11.5 Å². The van der Waals surface area contributed by atoms with E-state index in [2.05, 4.69) is 0 Å². The van der Waals surface area contributed by atoms with Crippen LogP contribution in [0.2, 0.25) is 0 Å². The molecule has 0 saturated heterocycles. The van der Waals surface area contributed by atoms with Gasteiger partial charge in [0.25, 0.3) is 0 Å². The molecule has 19 heavy (non-hydrogen) atoms. The summed E-state index contributed by atoms with van der Waals surface area (Å²) in [6, 6.07) is 14.0. The standard InChI is InChI=1S/C14H14N4O/c15-13(16)9-5-1-3-7-11(9)19-12-8-4-2-6-10(12)14(17)18/h1-8H,(H3,15,16)(H3,17,18). The normalized spacial score (nSPS) is 9.89. The van der Waals surface area contributed by atoms with Crippen LogP contribution >= 0.6 is 0 Å². The number of ether oxygens (including phenoxy) is 1. The van der Waals surface area contributed by atoms with Gasteiger partial charge < -0.3 is 16.2 Å². The molecule has 0 amide bonds. The number of nitrogens with two attached hydrogens (primary N) is 2. The first kappa shape index (κ1) is 12.6. The van der Waals surface area contributed by atoms with Crippen molar-refractivity contribution in [2.24, 2.45) is 11.5 Å². The fraction of sp³-hybridized carbons (Fsp3) is 0.